The van der Waals surface area contributed by atoms with E-state index in [4.69, 9.17) is 4.74 Å². The summed E-state index contributed by atoms with van der Waals surface area (Å²) in [6.45, 7) is 3.61. The van der Waals surface area contributed by atoms with Crippen molar-refractivity contribution in [3.05, 3.63) is 81.1 Å². The molecule has 1 aromatic heterocycles. The fraction of sp³-hybridized carbons (Fsp3) is 0.320. The number of methoxy groups -OCH3 is 1. The number of anilines is 3. The number of benzene rings is 2. The topological polar surface area (TPSA) is 72.4 Å². The molecule has 1 fully saturated rings. The highest BCUT2D eigenvalue weighted by molar-refractivity contribution is 7.87. The minimum Gasteiger partial charge on any atom is -0.494 e. The lowest BCUT2D eigenvalue weighted by Crippen LogP contribution is -2.24. The minimum atomic E-state index is -1.49. The fourth-order valence-electron chi connectivity index (χ4n) is 3.98. The summed E-state index contributed by atoms with van der Waals surface area (Å²) in [4.78, 5) is 12.6. The van der Waals surface area contributed by atoms with Gasteiger partial charge in [0.25, 0.3) is 5.56 Å². The number of nitrogens with zero attached hydrogens (tertiary/aromatic N) is 1. The molecule has 0 radical (unpaired) electrons. The highest BCUT2D eigenvalue weighted by Gasteiger charge is 2.44. The number of rotatable bonds is 8. The van der Waals surface area contributed by atoms with E-state index in [1.807, 2.05) is 13.0 Å². The Kier molecular flexibility index (Phi) is 6.74. The number of halogens is 2. The molecule has 180 valence electrons. The second-order valence-electron chi connectivity index (χ2n) is 8.42. The van der Waals surface area contributed by atoms with E-state index in [0.717, 1.165) is 11.1 Å². The van der Waals surface area contributed by atoms with Gasteiger partial charge in [-0.2, -0.15) is 0 Å². The molecule has 1 aliphatic rings. The van der Waals surface area contributed by atoms with Gasteiger partial charge in [-0.3, -0.25) is 9.36 Å². The molecule has 0 saturated heterocycles. The van der Waals surface area contributed by atoms with Gasteiger partial charge in [0.15, 0.2) is 11.6 Å². The van der Waals surface area contributed by atoms with Crippen LogP contribution >= 0.6 is 0 Å². The Bertz CT molecular complexity index is 1330. The Balaban J connectivity index is 1.59. The molecular weight excluding hydrogens is 460 g/mol. The first-order valence-electron chi connectivity index (χ1n) is 11.0. The van der Waals surface area contributed by atoms with E-state index >= 15 is 0 Å². The molecule has 2 N–H and O–H groups in total. The van der Waals surface area contributed by atoms with Crippen LogP contribution in [-0.4, -0.2) is 21.1 Å². The lowest BCUT2D eigenvalue weighted by molar-refractivity contribution is 0.386. The van der Waals surface area contributed by atoms with Crippen LogP contribution in [0.2, 0.25) is 0 Å². The predicted molar refractivity (Wildman–Crippen MR) is 131 cm³/mol. The molecule has 0 spiro atoms. The van der Waals surface area contributed by atoms with Gasteiger partial charge >= 0.3 is 0 Å². The average Bonchev–Trinajstić information content (AvgIpc) is 3.62. The van der Waals surface area contributed by atoms with Crippen LogP contribution in [-0.2, 0) is 24.5 Å². The summed E-state index contributed by atoms with van der Waals surface area (Å²) in [5.41, 5.74) is 2.58. The van der Waals surface area contributed by atoms with Crippen molar-refractivity contribution in [2.75, 3.05) is 17.1 Å². The van der Waals surface area contributed by atoms with Crippen LogP contribution in [0, 0.1) is 18.6 Å². The van der Waals surface area contributed by atoms with Crippen LogP contribution in [0.15, 0.2) is 47.3 Å². The number of pyridine rings is 1. The maximum atomic E-state index is 14.6. The monoisotopic (exact) mass is 487 g/mol. The van der Waals surface area contributed by atoms with E-state index in [0.29, 0.717) is 29.9 Å². The quantitative estimate of drug-likeness (QED) is 0.473. The van der Waals surface area contributed by atoms with Crippen molar-refractivity contribution in [2.24, 2.45) is 7.05 Å². The Morgan fingerprint density at radius 2 is 1.88 bits per heavy atom. The van der Waals surface area contributed by atoms with Crippen molar-refractivity contribution < 1.29 is 17.7 Å². The van der Waals surface area contributed by atoms with E-state index in [-0.39, 0.29) is 28.2 Å². The van der Waals surface area contributed by atoms with Crippen molar-refractivity contribution in [2.45, 2.75) is 37.9 Å². The molecule has 3 unspecified atom stereocenters. The van der Waals surface area contributed by atoms with E-state index in [2.05, 4.69) is 10.0 Å². The zero-order valence-electron chi connectivity index (χ0n) is 19.4. The molecule has 3 aromatic rings. The second-order valence-corrected chi connectivity index (χ2v) is 9.83. The SMILES string of the molecule is CCc1ccc(Nc2c(NS(=O)C3CC3c3ccc(F)c(OC)c3)cc(C)c(=O)n2C)c(F)c1. The van der Waals surface area contributed by atoms with Crippen molar-refractivity contribution in [3.63, 3.8) is 0 Å². The lowest BCUT2D eigenvalue weighted by atomic mass is 10.1. The summed E-state index contributed by atoms with van der Waals surface area (Å²) < 4.78 is 50.9. The maximum Gasteiger partial charge on any atom is 0.254 e. The van der Waals surface area contributed by atoms with E-state index in [1.165, 1.54) is 23.8 Å². The Hall–Kier alpha value is -3.20. The zero-order valence-corrected chi connectivity index (χ0v) is 20.3. The van der Waals surface area contributed by atoms with Crippen molar-refractivity contribution in [1.82, 2.24) is 4.57 Å². The summed E-state index contributed by atoms with van der Waals surface area (Å²) in [6, 6.07) is 11.1. The number of hydrogen-bond acceptors (Lipinski definition) is 4. The molecular formula is C25H27F2N3O3S. The number of hydrogen-bond donors (Lipinski definition) is 2. The van der Waals surface area contributed by atoms with Crippen molar-refractivity contribution in [1.29, 1.82) is 0 Å². The van der Waals surface area contributed by atoms with Crippen molar-refractivity contribution >= 4 is 28.2 Å². The molecule has 9 heteroatoms. The first-order valence-corrected chi connectivity index (χ1v) is 12.2. The standard InChI is InChI=1S/C25H27F2N3O3S/c1-5-15-6-9-20(19(27)11-15)28-24-21(10-14(2)25(31)30(24)3)29-34(32)23-13-17(23)16-7-8-18(26)22(12-16)33-4/h6-12,17,23,28-29H,5,13H2,1-4H3. The van der Waals surface area contributed by atoms with Crippen LogP contribution in [0.5, 0.6) is 5.75 Å². The molecule has 1 aliphatic carbocycles. The molecule has 2 aromatic carbocycles. The number of aromatic nitrogens is 1. The Morgan fingerprint density at radius 3 is 2.56 bits per heavy atom. The van der Waals surface area contributed by atoms with Gasteiger partial charge in [-0.15, -0.1) is 0 Å². The number of nitrogens with one attached hydrogen (secondary N) is 2. The van der Waals surface area contributed by atoms with E-state index < -0.39 is 22.6 Å². The first kappa shape index (κ1) is 23.9. The largest absolute Gasteiger partial charge is 0.494 e. The van der Waals surface area contributed by atoms with Crippen molar-refractivity contribution in [3.8, 4) is 5.75 Å². The molecule has 3 atom stereocenters. The minimum absolute atomic E-state index is 0.00750. The third kappa shape index (κ3) is 4.70. The van der Waals surface area contributed by atoms with Crippen LogP contribution in [0.4, 0.5) is 26.0 Å². The third-order valence-corrected chi connectivity index (χ3v) is 7.60. The first-order chi connectivity index (χ1) is 16.2. The van der Waals surface area contributed by atoms with Gasteiger partial charge in [0.1, 0.15) is 22.6 Å². The Labute approximate surface area is 199 Å². The number of aryl methyl sites for hydroxylation is 2. The molecule has 0 amide bonds. The molecule has 1 heterocycles. The molecule has 0 bridgehead atoms. The molecule has 6 nitrogen and oxygen atoms in total. The Morgan fingerprint density at radius 1 is 1.12 bits per heavy atom. The third-order valence-electron chi connectivity index (χ3n) is 6.11. The van der Waals surface area contributed by atoms with Gasteiger partial charge in [-0.05, 0) is 61.2 Å². The summed E-state index contributed by atoms with van der Waals surface area (Å²) >= 11 is 0. The number of ether oxygens (including phenoxy) is 1. The van der Waals surface area contributed by atoms with Gasteiger partial charge in [-0.25, -0.2) is 13.0 Å². The predicted octanol–water partition coefficient (Wildman–Crippen LogP) is 4.92. The zero-order chi connectivity index (χ0) is 24.6. The highest BCUT2D eigenvalue weighted by atomic mass is 32.2. The van der Waals surface area contributed by atoms with Crippen LogP contribution in [0.1, 0.15) is 36.0 Å². The fourth-order valence-corrected chi connectivity index (χ4v) is 5.34. The molecule has 34 heavy (non-hydrogen) atoms. The van der Waals surface area contributed by atoms with Gasteiger partial charge in [0.05, 0.1) is 23.7 Å². The van der Waals surface area contributed by atoms with Gasteiger partial charge in [0, 0.05) is 18.5 Å². The van der Waals surface area contributed by atoms with Crippen LogP contribution in [0.3, 0.4) is 0 Å². The highest BCUT2D eigenvalue weighted by Crippen LogP contribution is 2.46. The molecule has 1 saturated carbocycles. The smallest absolute Gasteiger partial charge is 0.254 e. The van der Waals surface area contributed by atoms with Crippen LogP contribution in [0.25, 0.3) is 0 Å². The van der Waals surface area contributed by atoms with Gasteiger partial charge in [-0.1, -0.05) is 19.1 Å². The summed E-state index contributed by atoms with van der Waals surface area (Å²) in [5.74, 6) is -0.428. The van der Waals surface area contributed by atoms with E-state index in [1.54, 1.807) is 38.2 Å². The van der Waals surface area contributed by atoms with Gasteiger partial charge in [0.2, 0.25) is 0 Å². The van der Waals surface area contributed by atoms with Crippen LogP contribution < -0.4 is 20.3 Å². The average molecular weight is 488 g/mol. The molecule has 0 aliphatic heterocycles. The normalized spacial score (nSPS) is 17.8. The lowest BCUT2D eigenvalue weighted by Gasteiger charge is -2.18. The van der Waals surface area contributed by atoms with Gasteiger partial charge < -0.3 is 14.8 Å². The molecule has 4 rings (SSSR count). The summed E-state index contributed by atoms with van der Waals surface area (Å²) in [5, 5.41) is 2.80. The maximum absolute atomic E-state index is 14.6. The summed E-state index contributed by atoms with van der Waals surface area (Å²) in [7, 11) is 1.49. The van der Waals surface area contributed by atoms with E-state index in [9.17, 15) is 17.8 Å². The summed E-state index contributed by atoms with van der Waals surface area (Å²) in [6.07, 6.45) is 1.36. The second kappa shape index (κ2) is 9.58.